The summed E-state index contributed by atoms with van der Waals surface area (Å²) in [6.07, 6.45) is -2.49. The van der Waals surface area contributed by atoms with Gasteiger partial charge in [0.2, 0.25) is 5.88 Å². The van der Waals surface area contributed by atoms with Crippen molar-refractivity contribution in [3.8, 4) is 23.4 Å². The molecule has 1 N–H and O–H groups in total. The Morgan fingerprint density at radius 2 is 1.44 bits per heavy atom. The Morgan fingerprint density at radius 1 is 0.847 bits per heavy atom. The number of carbonyl (C=O) groups excluding carboxylic acids is 4. The van der Waals surface area contributed by atoms with E-state index < -0.39 is 46.8 Å². The lowest BCUT2D eigenvalue weighted by atomic mass is 10.1. The molecule has 1 saturated carbocycles. The molecular formula is C44H53N5O10. The van der Waals surface area contributed by atoms with Gasteiger partial charge in [-0.05, 0) is 119 Å². The summed E-state index contributed by atoms with van der Waals surface area (Å²) in [7, 11) is 0. The second kappa shape index (κ2) is 16.5. The number of pyridine rings is 1. The molecule has 15 heteroatoms. The summed E-state index contributed by atoms with van der Waals surface area (Å²) < 4.78 is 35.9. The number of imide groups is 1. The molecule has 0 bridgehead atoms. The van der Waals surface area contributed by atoms with Gasteiger partial charge in [0.15, 0.2) is 11.5 Å². The van der Waals surface area contributed by atoms with E-state index in [1.807, 2.05) is 30.3 Å². The van der Waals surface area contributed by atoms with Gasteiger partial charge in [-0.15, -0.1) is 0 Å². The first-order chi connectivity index (χ1) is 27.4. The number of anilines is 1. The molecule has 3 amide bonds. The maximum Gasteiger partial charge on any atom is 0.514 e. The topological polar surface area (TPSA) is 181 Å². The molecule has 1 fully saturated rings. The summed E-state index contributed by atoms with van der Waals surface area (Å²) in [5, 5.41) is 14.1. The van der Waals surface area contributed by atoms with E-state index in [1.54, 1.807) is 101 Å². The zero-order chi connectivity index (χ0) is 43.7. The van der Waals surface area contributed by atoms with Gasteiger partial charge < -0.3 is 33.7 Å². The number of hydrogen-bond donors (Lipinski definition) is 1. The van der Waals surface area contributed by atoms with E-state index in [0.29, 0.717) is 40.1 Å². The SMILES string of the molecule is Cc1cc2c(C#N)c(N(C(=O)OC(C)(C)C)C(=O)OC(C)(C)C)n(-c3c(C)ccc(OC(=O)OC(C)(C)C)c3C)c2nc1OCC1(NC(=O)OCc2ccccc2)CC1. The summed E-state index contributed by atoms with van der Waals surface area (Å²) in [6, 6.07) is 16.5. The molecule has 2 aromatic heterocycles. The second-order valence-electron chi connectivity index (χ2n) is 17.6. The molecule has 1 aliphatic carbocycles. The van der Waals surface area contributed by atoms with Crippen LogP contribution in [0.2, 0.25) is 0 Å². The van der Waals surface area contributed by atoms with Crippen molar-refractivity contribution in [2.24, 2.45) is 0 Å². The maximum atomic E-state index is 14.2. The molecule has 5 rings (SSSR count). The van der Waals surface area contributed by atoms with Crippen molar-refractivity contribution in [1.82, 2.24) is 14.9 Å². The molecule has 0 aliphatic heterocycles. The number of ether oxygens (including phenoxy) is 6. The minimum atomic E-state index is -1.11. The van der Waals surface area contributed by atoms with Gasteiger partial charge in [0.1, 0.15) is 47.4 Å². The van der Waals surface area contributed by atoms with E-state index in [0.717, 1.165) is 5.56 Å². The van der Waals surface area contributed by atoms with Crippen LogP contribution in [-0.4, -0.2) is 62.9 Å². The molecule has 0 atom stereocenters. The third-order valence-corrected chi connectivity index (χ3v) is 8.85. The van der Waals surface area contributed by atoms with Crippen molar-refractivity contribution in [3.63, 3.8) is 0 Å². The van der Waals surface area contributed by atoms with Crippen LogP contribution in [0.5, 0.6) is 11.6 Å². The van der Waals surface area contributed by atoms with Gasteiger partial charge >= 0.3 is 24.4 Å². The molecule has 314 valence electrons. The van der Waals surface area contributed by atoms with Crippen molar-refractivity contribution >= 4 is 41.3 Å². The van der Waals surface area contributed by atoms with Crippen molar-refractivity contribution in [2.45, 2.75) is 125 Å². The van der Waals surface area contributed by atoms with Crippen LogP contribution < -0.4 is 19.7 Å². The molecule has 59 heavy (non-hydrogen) atoms. The molecule has 4 aromatic rings. The number of nitriles is 1. The van der Waals surface area contributed by atoms with E-state index >= 15 is 0 Å². The monoisotopic (exact) mass is 811 g/mol. The predicted molar refractivity (Wildman–Crippen MR) is 219 cm³/mol. The molecule has 1 aliphatic rings. The number of benzene rings is 2. The minimum absolute atomic E-state index is 0.0463. The summed E-state index contributed by atoms with van der Waals surface area (Å²) >= 11 is 0. The fourth-order valence-electron chi connectivity index (χ4n) is 6.09. The number of rotatable bonds is 9. The average Bonchev–Trinajstić information content (AvgIpc) is 3.80. The zero-order valence-corrected chi connectivity index (χ0v) is 35.8. The number of amides is 3. The van der Waals surface area contributed by atoms with Crippen LogP contribution in [0.25, 0.3) is 16.7 Å². The van der Waals surface area contributed by atoms with Crippen LogP contribution in [0.15, 0.2) is 48.5 Å². The van der Waals surface area contributed by atoms with Gasteiger partial charge in [0.05, 0.1) is 11.2 Å². The van der Waals surface area contributed by atoms with E-state index in [-0.39, 0.29) is 47.3 Å². The van der Waals surface area contributed by atoms with Crippen molar-refractivity contribution < 1.29 is 47.6 Å². The molecule has 2 aromatic carbocycles. The fourth-order valence-corrected chi connectivity index (χ4v) is 6.09. The van der Waals surface area contributed by atoms with Crippen LogP contribution in [0.4, 0.5) is 25.0 Å². The lowest BCUT2D eigenvalue weighted by Gasteiger charge is -2.29. The Morgan fingerprint density at radius 3 is 1.98 bits per heavy atom. The third-order valence-electron chi connectivity index (χ3n) is 8.85. The smallest absolute Gasteiger partial charge is 0.475 e. The van der Waals surface area contributed by atoms with Crippen molar-refractivity contribution in [1.29, 1.82) is 5.26 Å². The molecule has 0 saturated heterocycles. The molecular weight excluding hydrogens is 759 g/mol. The zero-order valence-electron chi connectivity index (χ0n) is 35.8. The summed E-state index contributed by atoms with van der Waals surface area (Å²) in [5.74, 6) is 0.0458. The number of nitrogens with zero attached hydrogens (tertiary/aromatic N) is 4. The molecule has 0 radical (unpaired) electrons. The largest absolute Gasteiger partial charge is 0.514 e. The van der Waals surface area contributed by atoms with Gasteiger partial charge in [-0.1, -0.05) is 36.4 Å². The summed E-state index contributed by atoms with van der Waals surface area (Å²) in [5.41, 5.74) is -0.984. The van der Waals surface area contributed by atoms with E-state index in [2.05, 4.69) is 11.4 Å². The molecule has 0 unspecified atom stereocenters. The number of aromatic nitrogens is 2. The number of nitrogens with one attached hydrogen (secondary N) is 1. The Labute approximate surface area is 344 Å². The highest BCUT2D eigenvalue weighted by Crippen LogP contribution is 2.42. The molecule has 0 spiro atoms. The van der Waals surface area contributed by atoms with Crippen molar-refractivity contribution in [2.75, 3.05) is 11.5 Å². The maximum absolute atomic E-state index is 14.2. The Hall–Kier alpha value is -6.30. The third kappa shape index (κ3) is 10.8. The number of carbonyl (C=O) groups is 4. The number of aryl methyl sites for hydroxylation is 2. The fraction of sp³-hybridized carbons (Fsp3) is 0.455. The number of fused-ring (bicyclic) bond motifs is 1. The second-order valence-corrected chi connectivity index (χ2v) is 17.6. The lowest BCUT2D eigenvalue weighted by molar-refractivity contribution is 0.0203. The average molecular weight is 812 g/mol. The van der Waals surface area contributed by atoms with E-state index in [4.69, 9.17) is 33.4 Å². The number of alkyl carbamates (subject to hydrolysis) is 1. The van der Waals surface area contributed by atoms with E-state index in [1.165, 1.54) is 4.57 Å². The lowest BCUT2D eigenvalue weighted by Crippen LogP contribution is -2.45. The van der Waals surface area contributed by atoms with Gasteiger partial charge in [0.25, 0.3) is 0 Å². The Kier molecular flexibility index (Phi) is 12.3. The first kappa shape index (κ1) is 43.8. The van der Waals surface area contributed by atoms with Crippen molar-refractivity contribution in [3.05, 3.63) is 76.3 Å². The standard InChI is InChI=1S/C44H53N5O10/c1-26-18-19-32(56-40(53)59-43(10,11)12)28(3)33(26)48-34-30(31(23-45)36(48)49(38(51)57-41(4,5)6)39(52)58-42(7,8)9)22-27(2)35(46-34)55-25-44(20-21-44)47-37(50)54-24-29-16-14-13-15-17-29/h13-19,22H,20-21,24-25H2,1-12H3,(H,47,50). The predicted octanol–water partition coefficient (Wildman–Crippen LogP) is 9.65. The van der Waals surface area contributed by atoms with Crippen LogP contribution in [0.3, 0.4) is 0 Å². The first-order valence-corrected chi connectivity index (χ1v) is 19.3. The van der Waals surface area contributed by atoms with E-state index in [9.17, 15) is 24.4 Å². The molecule has 2 heterocycles. The van der Waals surface area contributed by atoms with Gasteiger partial charge in [-0.25, -0.2) is 19.2 Å². The Bertz CT molecular complexity index is 2270. The summed E-state index contributed by atoms with van der Waals surface area (Å²) in [4.78, 5) is 59.7. The quantitative estimate of drug-likeness (QED) is 0.0962. The van der Waals surface area contributed by atoms with Gasteiger partial charge in [-0.2, -0.15) is 15.1 Å². The highest BCUT2D eigenvalue weighted by Gasteiger charge is 2.46. The Balaban J connectivity index is 1.67. The van der Waals surface area contributed by atoms with Gasteiger partial charge in [0, 0.05) is 16.5 Å². The van der Waals surface area contributed by atoms with Crippen LogP contribution in [-0.2, 0) is 25.6 Å². The van der Waals surface area contributed by atoms with Crippen LogP contribution in [0.1, 0.15) is 103 Å². The highest BCUT2D eigenvalue weighted by atomic mass is 16.7. The normalized spacial score (nSPS) is 13.5. The first-order valence-electron chi connectivity index (χ1n) is 19.3. The molecule has 15 nitrogen and oxygen atoms in total. The number of hydrogen-bond acceptors (Lipinski definition) is 12. The highest BCUT2D eigenvalue weighted by molar-refractivity contribution is 6.13. The minimum Gasteiger partial charge on any atom is -0.475 e. The summed E-state index contributed by atoms with van der Waals surface area (Å²) in [6.45, 7) is 20.3. The van der Waals surface area contributed by atoms with Gasteiger partial charge in [-0.3, -0.25) is 4.57 Å². The van der Waals surface area contributed by atoms with Crippen LogP contribution in [0, 0.1) is 32.1 Å². The van der Waals surface area contributed by atoms with Crippen LogP contribution >= 0.6 is 0 Å².